The highest BCUT2D eigenvalue weighted by Crippen LogP contribution is 1.75. The number of urea groups is 1. The summed E-state index contributed by atoms with van der Waals surface area (Å²) in [6.45, 7) is 7.53. The molecule has 0 radical (unpaired) electrons. The number of nitrogens with one attached hydrogen (secondary N) is 3. The van der Waals surface area contributed by atoms with E-state index in [0.29, 0.717) is 6.54 Å². The summed E-state index contributed by atoms with van der Waals surface area (Å²) in [5.74, 6) is -0.233. The molecule has 14 heavy (non-hydrogen) atoms. The predicted molar refractivity (Wildman–Crippen MR) is 54.9 cm³/mol. The topological polar surface area (TPSA) is 70.2 Å². The zero-order valence-electron chi connectivity index (χ0n) is 8.59. The third-order valence-corrected chi connectivity index (χ3v) is 1.27. The second-order valence-corrected chi connectivity index (χ2v) is 3.07. The molecule has 0 fully saturated rings. The zero-order valence-corrected chi connectivity index (χ0v) is 8.59. The lowest BCUT2D eigenvalue weighted by Crippen LogP contribution is -2.44. The van der Waals surface area contributed by atoms with Crippen molar-refractivity contribution in [1.29, 1.82) is 0 Å². The van der Waals surface area contributed by atoms with Crippen LogP contribution in [0, 0.1) is 0 Å². The molecule has 0 spiro atoms. The second-order valence-electron chi connectivity index (χ2n) is 3.07. The number of rotatable bonds is 5. The SMILES string of the molecule is C=CCNC(=O)CNC(=O)NC(C)C. The average Bonchev–Trinajstić information content (AvgIpc) is 2.10. The van der Waals surface area contributed by atoms with E-state index in [9.17, 15) is 9.59 Å². The minimum Gasteiger partial charge on any atom is -0.351 e. The molecule has 0 aromatic rings. The van der Waals surface area contributed by atoms with Crippen molar-refractivity contribution in [2.45, 2.75) is 19.9 Å². The maximum Gasteiger partial charge on any atom is 0.315 e. The lowest BCUT2D eigenvalue weighted by Gasteiger charge is -2.09. The molecule has 0 aromatic carbocycles. The first-order valence-corrected chi connectivity index (χ1v) is 4.48. The summed E-state index contributed by atoms with van der Waals surface area (Å²) in [7, 11) is 0. The fourth-order valence-corrected chi connectivity index (χ4v) is 0.722. The molecular formula is C9H17N3O2. The van der Waals surface area contributed by atoms with Crippen LogP contribution in [0.25, 0.3) is 0 Å². The van der Waals surface area contributed by atoms with Crippen molar-refractivity contribution in [3.8, 4) is 0 Å². The van der Waals surface area contributed by atoms with Gasteiger partial charge in [-0.25, -0.2) is 4.79 Å². The Hall–Kier alpha value is -1.52. The van der Waals surface area contributed by atoms with E-state index >= 15 is 0 Å². The quantitative estimate of drug-likeness (QED) is 0.545. The van der Waals surface area contributed by atoms with Crippen LogP contribution in [0.3, 0.4) is 0 Å². The highest BCUT2D eigenvalue weighted by Gasteiger charge is 2.04. The summed E-state index contributed by atoms with van der Waals surface area (Å²) < 4.78 is 0. The van der Waals surface area contributed by atoms with E-state index in [1.807, 2.05) is 13.8 Å². The molecule has 0 bridgehead atoms. The maximum atomic E-state index is 11.0. The summed E-state index contributed by atoms with van der Waals surface area (Å²) in [4.78, 5) is 22.0. The summed E-state index contributed by atoms with van der Waals surface area (Å²) >= 11 is 0. The van der Waals surface area contributed by atoms with Crippen LogP contribution in [-0.2, 0) is 4.79 Å². The number of hydrogen-bond donors (Lipinski definition) is 3. The van der Waals surface area contributed by atoms with Gasteiger partial charge in [-0.3, -0.25) is 4.79 Å². The van der Waals surface area contributed by atoms with Gasteiger partial charge in [0, 0.05) is 12.6 Å². The molecule has 0 aliphatic heterocycles. The van der Waals surface area contributed by atoms with Crippen LogP contribution < -0.4 is 16.0 Å². The van der Waals surface area contributed by atoms with Crippen molar-refractivity contribution in [2.75, 3.05) is 13.1 Å². The molecule has 0 saturated carbocycles. The van der Waals surface area contributed by atoms with E-state index in [0.717, 1.165) is 0 Å². The van der Waals surface area contributed by atoms with Crippen molar-refractivity contribution in [2.24, 2.45) is 0 Å². The fourth-order valence-electron chi connectivity index (χ4n) is 0.722. The molecular weight excluding hydrogens is 182 g/mol. The van der Waals surface area contributed by atoms with Gasteiger partial charge in [-0.1, -0.05) is 6.08 Å². The minimum atomic E-state index is -0.339. The molecule has 5 nitrogen and oxygen atoms in total. The molecule has 3 amide bonds. The Labute approximate surface area is 83.9 Å². The summed E-state index contributed by atoms with van der Waals surface area (Å²) in [6, 6.07) is -0.278. The smallest absolute Gasteiger partial charge is 0.315 e. The molecule has 0 unspecified atom stereocenters. The van der Waals surface area contributed by atoms with E-state index in [4.69, 9.17) is 0 Å². The van der Waals surface area contributed by atoms with Crippen molar-refractivity contribution < 1.29 is 9.59 Å². The van der Waals surface area contributed by atoms with Gasteiger partial charge in [0.05, 0.1) is 6.54 Å². The summed E-state index contributed by atoms with van der Waals surface area (Å²) in [5, 5.41) is 7.57. The predicted octanol–water partition coefficient (Wildman–Crippen LogP) is -0.00380. The number of amides is 3. The third kappa shape index (κ3) is 7.15. The van der Waals surface area contributed by atoms with E-state index in [1.165, 1.54) is 0 Å². The third-order valence-electron chi connectivity index (χ3n) is 1.27. The first-order valence-electron chi connectivity index (χ1n) is 4.48. The fraction of sp³-hybridized carbons (Fsp3) is 0.556. The van der Waals surface area contributed by atoms with Crippen LogP contribution in [-0.4, -0.2) is 31.1 Å². The van der Waals surface area contributed by atoms with Crippen molar-refractivity contribution in [3.63, 3.8) is 0 Å². The molecule has 0 atom stereocenters. The Kier molecular flexibility index (Phi) is 6.19. The Morgan fingerprint density at radius 2 is 2.00 bits per heavy atom. The molecule has 5 heteroatoms. The van der Waals surface area contributed by atoms with Gasteiger partial charge < -0.3 is 16.0 Å². The first-order chi connectivity index (χ1) is 6.56. The van der Waals surface area contributed by atoms with Crippen LogP contribution in [0.2, 0.25) is 0 Å². The lowest BCUT2D eigenvalue weighted by molar-refractivity contribution is -0.119. The van der Waals surface area contributed by atoms with Crippen molar-refractivity contribution >= 4 is 11.9 Å². The molecule has 0 saturated heterocycles. The van der Waals surface area contributed by atoms with Crippen LogP contribution in [0.1, 0.15) is 13.8 Å². The standard InChI is InChI=1S/C9H17N3O2/c1-4-5-10-8(13)6-11-9(14)12-7(2)3/h4,7H,1,5-6H2,2-3H3,(H,10,13)(H2,11,12,14). The highest BCUT2D eigenvalue weighted by atomic mass is 16.2. The van der Waals surface area contributed by atoms with Crippen LogP contribution in [0.5, 0.6) is 0 Å². The Morgan fingerprint density at radius 3 is 2.50 bits per heavy atom. The average molecular weight is 199 g/mol. The first kappa shape index (κ1) is 12.5. The Morgan fingerprint density at radius 1 is 1.36 bits per heavy atom. The van der Waals surface area contributed by atoms with Gasteiger partial charge in [0.2, 0.25) is 5.91 Å². The van der Waals surface area contributed by atoms with Crippen LogP contribution in [0.15, 0.2) is 12.7 Å². The molecule has 0 aliphatic rings. The summed E-state index contributed by atoms with van der Waals surface area (Å²) in [6.07, 6.45) is 1.58. The van der Waals surface area contributed by atoms with Crippen LogP contribution in [0.4, 0.5) is 4.79 Å². The van der Waals surface area contributed by atoms with E-state index in [1.54, 1.807) is 6.08 Å². The van der Waals surface area contributed by atoms with Gasteiger partial charge in [-0.15, -0.1) is 6.58 Å². The second kappa shape index (κ2) is 6.94. The number of carbonyl (C=O) groups excluding carboxylic acids is 2. The molecule has 0 aliphatic carbocycles. The number of carbonyl (C=O) groups is 2. The molecule has 0 rings (SSSR count). The Bertz CT molecular complexity index is 214. The van der Waals surface area contributed by atoms with Gasteiger partial charge in [0.1, 0.15) is 0 Å². The van der Waals surface area contributed by atoms with Gasteiger partial charge in [0.15, 0.2) is 0 Å². The molecule has 0 heterocycles. The molecule has 80 valence electrons. The Balaban J connectivity index is 3.55. The van der Waals surface area contributed by atoms with Gasteiger partial charge >= 0.3 is 6.03 Å². The maximum absolute atomic E-state index is 11.0. The van der Waals surface area contributed by atoms with Crippen molar-refractivity contribution in [3.05, 3.63) is 12.7 Å². The van der Waals surface area contributed by atoms with E-state index in [2.05, 4.69) is 22.5 Å². The van der Waals surface area contributed by atoms with Crippen molar-refractivity contribution in [1.82, 2.24) is 16.0 Å². The highest BCUT2D eigenvalue weighted by molar-refractivity contribution is 5.83. The van der Waals surface area contributed by atoms with Gasteiger partial charge in [-0.2, -0.15) is 0 Å². The lowest BCUT2D eigenvalue weighted by atomic mass is 10.4. The summed E-state index contributed by atoms with van der Waals surface area (Å²) in [5.41, 5.74) is 0. The van der Waals surface area contributed by atoms with E-state index < -0.39 is 0 Å². The molecule has 0 aromatic heterocycles. The van der Waals surface area contributed by atoms with Crippen LogP contribution >= 0.6 is 0 Å². The van der Waals surface area contributed by atoms with E-state index in [-0.39, 0.29) is 24.5 Å². The number of hydrogen-bond acceptors (Lipinski definition) is 2. The van der Waals surface area contributed by atoms with Gasteiger partial charge in [0.25, 0.3) is 0 Å². The normalized spacial score (nSPS) is 9.36. The van der Waals surface area contributed by atoms with Gasteiger partial charge in [-0.05, 0) is 13.8 Å². The zero-order chi connectivity index (χ0) is 11.0. The largest absolute Gasteiger partial charge is 0.351 e. The monoisotopic (exact) mass is 199 g/mol. The molecule has 3 N–H and O–H groups in total. The minimum absolute atomic E-state index is 0.0214.